The molecule has 23 heavy (non-hydrogen) atoms. The Kier molecular flexibility index (Phi) is 4.41. The van der Waals surface area contributed by atoms with Gasteiger partial charge in [0.25, 0.3) is 0 Å². The largest absolute Gasteiger partial charge is 0.481 e. The second kappa shape index (κ2) is 6.48. The zero-order valence-electron chi connectivity index (χ0n) is 13.6. The maximum absolute atomic E-state index is 11.2. The van der Waals surface area contributed by atoms with Gasteiger partial charge >= 0.3 is 5.97 Å². The van der Waals surface area contributed by atoms with Crippen LogP contribution in [0.3, 0.4) is 0 Å². The summed E-state index contributed by atoms with van der Waals surface area (Å²) in [5.74, 6) is -1.02. The fourth-order valence-electron chi connectivity index (χ4n) is 3.16. The van der Waals surface area contributed by atoms with Crippen LogP contribution >= 0.6 is 0 Å². The highest BCUT2D eigenvalue weighted by Crippen LogP contribution is 2.25. The smallest absolute Gasteiger partial charge is 0.308 e. The van der Waals surface area contributed by atoms with Crippen molar-refractivity contribution in [1.29, 1.82) is 0 Å². The van der Waals surface area contributed by atoms with Crippen LogP contribution < -0.4 is 4.90 Å². The fraction of sp³-hybridized carbons (Fsp3) is 0.529. The molecular formula is C17H22N4O2. The van der Waals surface area contributed by atoms with Crippen molar-refractivity contribution >= 4 is 22.8 Å². The number of hydrogen-bond acceptors (Lipinski definition) is 5. The maximum Gasteiger partial charge on any atom is 0.308 e. The molecule has 0 aromatic carbocycles. The summed E-state index contributed by atoms with van der Waals surface area (Å²) in [5.41, 5.74) is 4.40. The molecule has 122 valence electrons. The highest BCUT2D eigenvalue weighted by molar-refractivity contribution is 5.76. The van der Waals surface area contributed by atoms with Crippen LogP contribution in [0.25, 0.3) is 11.2 Å². The van der Waals surface area contributed by atoms with E-state index in [1.54, 1.807) is 6.20 Å². The van der Waals surface area contributed by atoms with Gasteiger partial charge in [-0.3, -0.25) is 4.79 Å². The molecule has 1 aliphatic rings. The van der Waals surface area contributed by atoms with Crippen LogP contribution in [-0.4, -0.2) is 39.1 Å². The first-order valence-corrected chi connectivity index (χ1v) is 8.25. The summed E-state index contributed by atoms with van der Waals surface area (Å²) in [6, 6.07) is 1.98. The van der Waals surface area contributed by atoms with E-state index in [4.69, 9.17) is 4.98 Å². The van der Waals surface area contributed by atoms with E-state index in [0.717, 1.165) is 54.8 Å². The highest BCUT2D eigenvalue weighted by Gasteiger charge is 2.25. The summed E-state index contributed by atoms with van der Waals surface area (Å²) in [4.78, 5) is 27.1. The molecule has 0 bridgehead atoms. The van der Waals surface area contributed by atoms with Crippen molar-refractivity contribution in [2.45, 2.75) is 39.5 Å². The van der Waals surface area contributed by atoms with Crippen molar-refractivity contribution in [2.75, 3.05) is 18.0 Å². The standard InChI is InChI=1S/C17H22N4O2/c1-3-13-14(4-2)20-16-15(19-13)8-12(9-18-16)21-7-5-6-11(10-21)17(22)23/h8-9,11H,3-7,10H2,1-2H3,(H,22,23)/t11-/m1/s1. The molecule has 1 atom stereocenters. The number of rotatable bonds is 4. The van der Waals surface area contributed by atoms with E-state index >= 15 is 0 Å². The minimum atomic E-state index is -0.718. The highest BCUT2D eigenvalue weighted by atomic mass is 16.4. The van der Waals surface area contributed by atoms with E-state index in [2.05, 4.69) is 28.7 Å². The summed E-state index contributed by atoms with van der Waals surface area (Å²) in [5, 5.41) is 9.24. The number of piperidine rings is 1. The number of hydrogen-bond donors (Lipinski definition) is 1. The minimum absolute atomic E-state index is 0.306. The predicted molar refractivity (Wildman–Crippen MR) is 88.7 cm³/mol. The Morgan fingerprint density at radius 2 is 2.04 bits per heavy atom. The van der Waals surface area contributed by atoms with Crippen LogP contribution in [0.4, 0.5) is 5.69 Å². The summed E-state index contributed by atoms with van der Waals surface area (Å²) in [6.07, 6.45) is 5.11. The number of carbonyl (C=O) groups is 1. The van der Waals surface area contributed by atoms with Crippen LogP contribution in [0.15, 0.2) is 12.3 Å². The van der Waals surface area contributed by atoms with E-state index in [0.29, 0.717) is 12.2 Å². The lowest BCUT2D eigenvalue weighted by Crippen LogP contribution is -2.38. The van der Waals surface area contributed by atoms with Gasteiger partial charge in [0.2, 0.25) is 0 Å². The molecule has 0 radical (unpaired) electrons. The molecule has 0 aliphatic carbocycles. The zero-order valence-corrected chi connectivity index (χ0v) is 13.6. The fourth-order valence-corrected chi connectivity index (χ4v) is 3.16. The predicted octanol–water partition coefficient (Wildman–Crippen LogP) is 2.45. The third-order valence-corrected chi connectivity index (χ3v) is 4.47. The van der Waals surface area contributed by atoms with E-state index in [9.17, 15) is 9.90 Å². The lowest BCUT2D eigenvalue weighted by molar-refractivity contribution is -0.141. The molecule has 0 spiro atoms. The summed E-state index contributed by atoms with van der Waals surface area (Å²) in [6.45, 7) is 5.54. The molecule has 1 fully saturated rings. The first kappa shape index (κ1) is 15.6. The van der Waals surface area contributed by atoms with Gasteiger partial charge in [-0.2, -0.15) is 0 Å². The average Bonchev–Trinajstić information content (AvgIpc) is 2.60. The lowest BCUT2D eigenvalue weighted by Gasteiger charge is -2.32. The van der Waals surface area contributed by atoms with Crippen LogP contribution in [0.2, 0.25) is 0 Å². The summed E-state index contributed by atoms with van der Waals surface area (Å²) >= 11 is 0. The van der Waals surface area contributed by atoms with Crippen LogP contribution in [0.1, 0.15) is 38.1 Å². The second-order valence-electron chi connectivity index (χ2n) is 5.98. The van der Waals surface area contributed by atoms with E-state index < -0.39 is 5.97 Å². The van der Waals surface area contributed by atoms with Crippen molar-refractivity contribution in [3.63, 3.8) is 0 Å². The van der Waals surface area contributed by atoms with Gasteiger partial charge in [0, 0.05) is 13.1 Å². The molecule has 1 N–H and O–H groups in total. The number of anilines is 1. The number of carboxylic acid groups (broad SMARTS) is 1. The number of carboxylic acids is 1. The Labute approximate surface area is 135 Å². The number of aromatic nitrogens is 3. The van der Waals surface area contributed by atoms with E-state index in [-0.39, 0.29) is 5.92 Å². The minimum Gasteiger partial charge on any atom is -0.481 e. The number of aliphatic carboxylic acids is 1. The topological polar surface area (TPSA) is 79.2 Å². The van der Waals surface area contributed by atoms with Gasteiger partial charge in [-0.15, -0.1) is 0 Å². The van der Waals surface area contributed by atoms with Gasteiger partial charge in [-0.25, -0.2) is 15.0 Å². The van der Waals surface area contributed by atoms with E-state index in [1.165, 1.54) is 0 Å². The number of fused-ring (bicyclic) bond motifs is 1. The Bertz CT molecular complexity index is 732. The number of aryl methyl sites for hydroxylation is 2. The quantitative estimate of drug-likeness (QED) is 0.934. The molecule has 3 heterocycles. The van der Waals surface area contributed by atoms with Crippen LogP contribution in [-0.2, 0) is 17.6 Å². The molecule has 3 rings (SSSR count). The van der Waals surface area contributed by atoms with Crippen molar-refractivity contribution in [1.82, 2.24) is 15.0 Å². The normalized spacial score (nSPS) is 18.3. The summed E-state index contributed by atoms with van der Waals surface area (Å²) in [7, 11) is 0. The molecule has 0 saturated carbocycles. The van der Waals surface area contributed by atoms with Gasteiger partial charge in [-0.1, -0.05) is 13.8 Å². The molecule has 0 amide bonds. The molecule has 1 saturated heterocycles. The molecule has 2 aromatic heterocycles. The Morgan fingerprint density at radius 1 is 1.30 bits per heavy atom. The monoisotopic (exact) mass is 314 g/mol. The number of nitrogens with zero attached hydrogens (tertiary/aromatic N) is 4. The van der Waals surface area contributed by atoms with Crippen molar-refractivity contribution in [2.24, 2.45) is 5.92 Å². The van der Waals surface area contributed by atoms with Gasteiger partial charge in [0.1, 0.15) is 5.52 Å². The molecule has 2 aromatic rings. The van der Waals surface area contributed by atoms with Crippen molar-refractivity contribution in [3.8, 4) is 0 Å². The van der Waals surface area contributed by atoms with Crippen molar-refractivity contribution in [3.05, 3.63) is 23.7 Å². The summed E-state index contributed by atoms with van der Waals surface area (Å²) < 4.78 is 0. The van der Waals surface area contributed by atoms with Gasteiger partial charge in [0.05, 0.1) is 29.2 Å². The number of pyridine rings is 1. The Morgan fingerprint density at radius 3 is 2.74 bits per heavy atom. The van der Waals surface area contributed by atoms with Crippen molar-refractivity contribution < 1.29 is 9.90 Å². The first-order valence-electron chi connectivity index (χ1n) is 8.25. The Balaban J connectivity index is 1.94. The SMILES string of the molecule is CCc1nc2cc(N3CCC[C@@H](C(=O)O)C3)cnc2nc1CC. The van der Waals surface area contributed by atoms with Gasteiger partial charge < -0.3 is 10.0 Å². The molecule has 6 nitrogen and oxygen atoms in total. The second-order valence-corrected chi connectivity index (χ2v) is 5.98. The maximum atomic E-state index is 11.2. The first-order chi connectivity index (χ1) is 11.1. The third kappa shape index (κ3) is 3.11. The van der Waals surface area contributed by atoms with Crippen LogP contribution in [0, 0.1) is 5.92 Å². The Hall–Kier alpha value is -2.24. The van der Waals surface area contributed by atoms with Gasteiger partial charge in [-0.05, 0) is 31.7 Å². The zero-order chi connectivity index (χ0) is 16.4. The lowest BCUT2D eigenvalue weighted by atomic mass is 9.98. The molecule has 1 aliphatic heterocycles. The van der Waals surface area contributed by atoms with Crippen LogP contribution in [0.5, 0.6) is 0 Å². The molecule has 0 unspecified atom stereocenters. The molecular weight excluding hydrogens is 292 g/mol. The third-order valence-electron chi connectivity index (χ3n) is 4.47. The average molecular weight is 314 g/mol. The molecule has 6 heteroatoms. The van der Waals surface area contributed by atoms with Gasteiger partial charge in [0.15, 0.2) is 5.65 Å². The van der Waals surface area contributed by atoms with E-state index in [1.807, 2.05) is 6.07 Å².